The van der Waals surface area contributed by atoms with Gasteiger partial charge < -0.3 is 19.1 Å². The highest BCUT2D eigenvalue weighted by molar-refractivity contribution is 7.00. The summed E-state index contributed by atoms with van der Waals surface area (Å²) in [5.41, 5.74) is 23.8. The van der Waals surface area contributed by atoms with E-state index in [4.69, 9.17) is 4.42 Å². The van der Waals surface area contributed by atoms with E-state index >= 15 is 0 Å². The summed E-state index contributed by atoms with van der Waals surface area (Å²) in [6, 6.07) is 49.6. The van der Waals surface area contributed by atoms with Crippen molar-refractivity contribution in [2.75, 3.05) is 14.7 Å². The number of hydrogen-bond donors (Lipinski definition) is 0. The lowest BCUT2D eigenvalue weighted by Crippen LogP contribution is -2.62. The Morgan fingerprint density at radius 2 is 1.09 bits per heavy atom. The smallest absolute Gasteiger partial charge is 0.252 e. The first-order valence-corrected chi connectivity index (χ1v) is 25.7. The second kappa shape index (κ2) is 14.7. The van der Waals surface area contributed by atoms with Crippen LogP contribution in [0.4, 0.5) is 45.5 Å². The molecule has 2 unspecified atom stereocenters. The van der Waals surface area contributed by atoms with Gasteiger partial charge in [-0.3, -0.25) is 0 Å². The molecule has 7 aromatic carbocycles. The summed E-state index contributed by atoms with van der Waals surface area (Å²) in [7, 11) is 0. The molecule has 4 heterocycles. The second-order valence-corrected chi connectivity index (χ2v) is 24.7. The van der Waals surface area contributed by atoms with Crippen LogP contribution in [0.5, 0.6) is 0 Å². The van der Waals surface area contributed by atoms with Crippen LogP contribution >= 0.6 is 0 Å². The van der Waals surface area contributed by atoms with E-state index in [0.29, 0.717) is 0 Å². The monoisotopic (exact) mass is 906 g/mol. The Bertz CT molecular complexity index is 3430. The first-order valence-electron chi connectivity index (χ1n) is 25.7. The largest absolute Gasteiger partial charge is 0.456 e. The molecule has 0 bridgehead atoms. The minimum atomic E-state index is -0.139. The van der Waals surface area contributed by atoms with Gasteiger partial charge in [-0.1, -0.05) is 149 Å². The maximum atomic E-state index is 6.71. The second-order valence-electron chi connectivity index (χ2n) is 24.7. The van der Waals surface area contributed by atoms with Crippen molar-refractivity contribution in [3.63, 3.8) is 0 Å². The average Bonchev–Trinajstić information content (AvgIpc) is 3.77. The third-order valence-corrected chi connectivity index (χ3v) is 17.2. The molecule has 8 aromatic rings. The van der Waals surface area contributed by atoms with Gasteiger partial charge in [0, 0.05) is 50.6 Å². The Balaban J connectivity index is 1.25. The van der Waals surface area contributed by atoms with E-state index < -0.39 is 0 Å². The van der Waals surface area contributed by atoms with Crippen LogP contribution < -0.4 is 31.1 Å². The van der Waals surface area contributed by atoms with Crippen LogP contribution in [-0.2, 0) is 21.7 Å². The fourth-order valence-corrected chi connectivity index (χ4v) is 13.4. The van der Waals surface area contributed by atoms with Crippen LogP contribution in [-0.4, -0.2) is 12.3 Å². The van der Waals surface area contributed by atoms with Gasteiger partial charge in [-0.05, 0) is 160 Å². The zero-order valence-electron chi connectivity index (χ0n) is 43.3. The van der Waals surface area contributed by atoms with Gasteiger partial charge in [0.05, 0.1) is 16.6 Å². The van der Waals surface area contributed by atoms with Gasteiger partial charge in [0.1, 0.15) is 11.2 Å². The van der Waals surface area contributed by atoms with E-state index in [2.05, 4.69) is 232 Å². The number of fused-ring (bicyclic) bond motifs is 10. The van der Waals surface area contributed by atoms with Crippen LogP contribution in [0, 0.1) is 13.8 Å². The number of para-hydroxylation sites is 1. The Labute approximate surface area is 411 Å². The first kappa shape index (κ1) is 44.0. The van der Waals surface area contributed by atoms with E-state index in [-0.39, 0.29) is 33.9 Å². The van der Waals surface area contributed by atoms with Crippen molar-refractivity contribution in [3.8, 4) is 0 Å². The predicted octanol–water partition coefficient (Wildman–Crippen LogP) is 15.9. The summed E-state index contributed by atoms with van der Waals surface area (Å²) >= 11 is 0. The number of nitrogens with zero attached hydrogens (tertiary/aromatic N) is 3. The average molecular weight is 906 g/mol. The molecule has 0 radical (unpaired) electrons. The molecule has 69 heavy (non-hydrogen) atoms. The Kier molecular flexibility index (Phi) is 9.36. The zero-order chi connectivity index (χ0) is 48.3. The fourth-order valence-electron chi connectivity index (χ4n) is 13.4. The molecule has 1 aromatic heterocycles. The lowest BCUT2D eigenvalue weighted by molar-refractivity contribution is 0.194. The lowest BCUT2D eigenvalue weighted by Gasteiger charge is -2.51. The summed E-state index contributed by atoms with van der Waals surface area (Å²) in [6.07, 6.45) is 4.77. The van der Waals surface area contributed by atoms with Gasteiger partial charge in [0.25, 0.3) is 6.71 Å². The molecule has 348 valence electrons. The SMILES string of the molecule is Cc1cc(C)c2c(c1)N(c1cc3c4c(c1)N(c1cccc5oc6ccccc6c15)c1ccc(C(C)(C)C)cc1B4c1cc(C(C)(C)C)ccc1N3c1ccc(C(C)(C)C)cc1)C1(C)CCCCC21C. The normalized spacial score (nSPS) is 19.7. The van der Waals surface area contributed by atoms with Crippen LogP contribution in [0.3, 0.4) is 0 Å². The van der Waals surface area contributed by atoms with Crippen molar-refractivity contribution in [1.82, 2.24) is 0 Å². The van der Waals surface area contributed by atoms with Crippen molar-refractivity contribution in [2.45, 2.75) is 143 Å². The van der Waals surface area contributed by atoms with Crippen LogP contribution in [0.15, 0.2) is 132 Å². The standard InChI is InChI=1S/C64H68BN3O/c1-39-33-40(2)58-52(34-39)68(64(13)32-17-16-31-63(58,64)12)45-37-53-59-54(38-45)67(51-20-18-22-56-57(51)46-19-14-15-21-55(46)69-56)50-30-26-43(62(9,10)11)36-48(50)65(59)47-35-42(61(6,7)8)25-29-49(47)66(53)44-27-23-41(24-28-44)60(3,4)5/h14-15,18-30,33-38H,16-17,31-32H2,1-13H3. The third kappa shape index (κ3) is 6.33. The molecular formula is C64H68BN3O. The minimum absolute atomic E-state index is 0.0105. The number of benzene rings is 7. The summed E-state index contributed by atoms with van der Waals surface area (Å²) < 4.78 is 6.71. The third-order valence-electron chi connectivity index (χ3n) is 17.2. The molecule has 0 spiro atoms. The highest BCUT2D eigenvalue weighted by Gasteiger charge is 2.59. The number of aryl methyl sites for hydroxylation is 2. The molecule has 4 nitrogen and oxygen atoms in total. The molecule has 1 aliphatic carbocycles. The molecule has 12 rings (SSSR count). The van der Waals surface area contributed by atoms with Gasteiger partial charge in [-0.2, -0.15) is 0 Å². The molecule has 0 N–H and O–H groups in total. The summed E-state index contributed by atoms with van der Waals surface area (Å²) in [5.74, 6) is 0. The van der Waals surface area contributed by atoms with Gasteiger partial charge in [-0.25, -0.2) is 0 Å². The Morgan fingerprint density at radius 1 is 0.507 bits per heavy atom. The Hall–Kier alpha value is -6.20. The van der Waals surface area contributed by atoms with E-state index in [1.54, 1.807) is 0 Å². The highest BCUT2D eigenvalue weighted by Crippen LogP contribution is 2.63. The van der Waals surface area contributed by atoms with Crippen molar-refractivity contribution in [1.29, 1.82) is 0 Å². The lowest BCUT2D eigenvalue weighted by atomic mass is 9.33. The minimum Gasteiger partial charge on any atom is -0.456 e. The molecule has 3 aliphatic heterocycles. The fraction of sp³-hybridized carbons (Fsp3) is 0.344. The molecule has 1 saturated carbocycles. The van der Waals surface area contributed by atoms with Crippen molar-refractivity contribution < 1.29 is 4.42 Å². The van der Waals surface area contributed by atoms with E-state index in [1.165, 1.54) is 109 Å². The van der Waals surface area contributed by atoms with Gasteiger partial charge in [-0.15, -0.1) is 0 Å². The van der Waals surface area contributed by atoms with Gasteiger partial charge in [0.2, 0.25) is 0 Å². The number of rotatable bonds is 3. The molecule has 0 saturated heterocycles. The van der Waals surface area contributed by atoms with E-state index in [9.17, 15) is 0 Å². The molecule has 5 heteroatoms. The van der Waals surface area contributed by atoms with Crippen LogP contribution in [0.1, 0.15) is 135 Å². The highest BCUT2D eigenvalue weighted by atomic mass is 16.3. The maximum absolute atomic E-state index is 6.71. The Morgan fingerprint density at radius 3 is 1.74 bits per heavy atom. The number of furan rings is 1. The predicted molar refractivity (Wildman–Crippen MR) is 296 cm³/mol. The quantitative estimate of drug-likeness (QED) is 0.165. The molecule has 0 amide bonds. The molecule has 1 fully saturated rings. The number of anilines is 8. The topological polar surface area (TPSA) is 22.9 Å². The zero-order valence-corrected chi connectivity index (χ0v) is 43.3. The van der Waals surface area contributed by atoms with Gasteiger partial charge >= 0.3 is 0 Å². The summed E-state index contributed by atoms with van der Waals surface area (Å²) in [5, 5.41) is 2.27. The molecule has 4 aliphatic rings. The van der Waals surface area contributed by atoms with E-state index in [1.807, 2.05) is 0 Å². The molecular weight excluding hydrogens is 838 g/mol. The van der Waals surface area contributed by atoms with Crippen molar-refractivity contribution in [2.24, 2.45) is 0 Å². The number of hydrogen-bond acceptors (Lipinski definition) is 4. The van der Waals surface area contributed by atoms with Crippen molar-refractivity contribution in [3.05, 3.63) is 161 Å². The van der Waals surface area contributed by atoms with Crippen LogP contribution in [0.2, 0.25) is 0 Å². The van der Waals surface area contributed by atoms with Crippen molar-refractivity contribution >= 4 is 90.5 Å². The molecule has 2 atom stereocenters. The maximum Gasteiger partial charge on any atom is 0.252 e. The summed E-state index contributed by atoms with van der Waals surface area (Å²) in [4.78, 5) is 8.07. The van der Waals surface area contributed by atoms with Gasteiger partial charge in [0.15, 0.2) is 0 Å². The van der Waals surface area contributed by atoms with Crippen LogP contribution in [0.25, 0.3) is 21.9 Å². The van der Waals surface area contributed by atoms with E-state index in [0.717, 1.165) is 34.0 Å². The first-order chi connectivity index (χ1) is 32.7. The summed E-state index contributed by atoms with van der Waals surface area (Å²) in [6.45, 7) is 30.9.